The molecule has 8 heteroatoms. The van der Waals surface area contributed by atoms with Crippen molar-refractivity contribution in [2.45, 2.75) is 25.1 Å². The van der Waals surface area contributed by atoms with E-state index in [9.17, 15) is 18.0 Å². The number of hydrogen-bond donors (Lipinski definition) is 1. The maximum Gasteiger partial charge on any atom is 0.417 e. The van der Waals surface area contributed by atoms with Gasteiger partial charge in [-0.2, -0.15) is 18.3 Å². The Hall–Kier alpha value is -3.68. The van der Waals surface area contributed by atoms with Gasteiger partial charge in [0.2, 0.25) is 0 Å². The van der Waals surface area contributed by atoms with Crippen LogP contribution in [0, 0.1) is 0 Å². The zero-order chi connectivity index (χ0) is 22.5. The summed E-state index contributed by atoms with van der Waals surface area (Å²) in [5, 5.41) is 7.71. The van der Waals surface area contributed by atoms with Gasteiger partial charge in [-0.1, -0.05) is 42.5 Å². The molecule has 0 fully saturated rings. The molecule has 162 valence electrons. The molecule has 0 saturated heterocycles. The van der Waals surface area contributed by atoms with Crippen molar-refractivity contribution in [3.8, 4) is 11.3 Å². The Morgan fingerprint density at radius 1 is 1.12 bits per heavy atom. The lowest BCUT2D eigenvalue weighted by Gasteiger charge is -2.16. The standard InChI is InChI=1S/C24H19F3N4O/c1-31-22-18(13-28-31)17(23(32)30-20-11-10-14-6-2-3-7-15(14)20)12-21(29-22)16-8-4-5-9-19(16)24(25,26)27/h2-9,12-13,20H,10-11H2,1H3,(H,30,32). The predicted molar refractivity (Wildman–Crippen MR) is 114 cm³/mol. The fraction of sp³-hybridized carbons (Fsp3) is 0.208. The molecule has 0 saturated carbocycles. The first-order valence-corrected chi connectivity index (χ1v) is 10.2. The molecule has 4 aromatic rings. The smallest absolute Gasteiger partial charge is 0.345 e. The van der Waals surface area contributed by atoms with Crippen LogP contribution in [-0.4, -0.2) is 20.7 Å². The molecule has 2 aromatic carbocycles. The van der Waals surface area contributed by atoms with E-state index in [0.29, 0.717) is 11.0 Å². The number of benzene rings is 2. The molecule has 5 rings (SSSR count). The summed E-state index contributed by atoms with van der Waals surface area (Å²) in [6.07, 6.45) is -1.39. The average molecular weight is 436 g/mol. The van der Waals surface area contributed by atoms with Crippen LogP contribution >= 0.6 is 0 Å². The van der Waals surface area contributed by atoms with Gasteiger partial charge in [0.1, 0.15) is 0 Å². The SMILES string of the molecule is Cn1ncc2c(C(=O)NC3CCc4ccccc43)cc(-c3ccccc3C(F)(F)F)nc21. The van der Waals surface area contributed by atoms with Crippen LogP contribution in [-0.2, 0) is 19.6 Å². The molecule has 5 nitrogen and oxygen atoms in total. The number of alkyl halides is 3. The first kappa shape index (κ1) is 20.2. The molecule has 2 aromatic heterocycles. The van der Waals surface area contributed by atoms with Crippen LogP contribution < -0.4 is 5.32 Å². The van der Waals surface area contributed by atoms with E-state index in [1.807, 2.05) is 24.3 Å². The quantitative estimate of drug-likeness (QED) is 0.488. The molecule has 1 unspecified atom stereocenters. The van der Waals surface area contributed by atoms with Gasteiger partial charge in [0.25, 0.3) is 5.91 Å². The summed E-state index contributed by atoms with van der Waals surface area (Å²) < 4.78 is 42.3. The van der Waals surface area contributed by atoms with Crippen molar-refractivity contribution in [2.75, 3.05) is 0 Å². The normalized spacial score (nSPS) is 15.7. The summed E-state index contributed by atoms with van der Waals surface area (Å²) in [5.41, 5.74) is 2.05. The van der Waals surface area contributed by atoms with Crippen molar-refractivity contribution in [2.24, 2.45) is 7.05 Å². The van der Waals surface area contributed by atoms with E-state index in [2.05, 4.69) is 15.4 Å². The summed E-state index contributed by atoms with van der Waals surface area (Å²) in [7, 11) is 1.64. The van der Waals surface area contributed by atoms with E-state index >= 15 is 0 Å². The number of nitrogens with zero attached hydrogens (tertiary/aromatic N) is 3. The Kier molecular flexibility index (Phi) is 4.73. The number of hydrogen-bond acceptors (Lipinski definition) is 3. The van der Waals surface area contributed by atoms with Crippen LogP contribution in [0.2, 0.25) is 0 Å². The molecular formula is C24H19F3N4O. The third kappa shape index (κ3) is 3.41. The van der Waals surface area contributed by atoms with Gasteiger partial charge in [0, 0.05) is 12.6 Å². The molecule has 0 aliphatic heterocycles. The first-order chi connectivity index (χ1) is 15.3. The Morgan fingerprint density at radius 3 is 2.69 bits per heavy atom. The molecule has 2 heterocycles. The largest absolute Gasteiger partial charge is 0.417 e. The minimum absolute atomic E-state index is 0.0750. The van der Waals surface area contributed by atoms with Gasteiger partial charge in [-0.25, -0.2) is 4.98 Å². The van der Waals surface area contributed by atoms with Gasteiger partial charge in [-0.05, 0) is 36.1 Å². The highest BCUT2D eigenvalue weighted by molar-refractivity contribution is 6.06. The van der Waals surface area contributed by atoms with Gasteiger partial charge in [0.15, 0.2) is 5.65 Å². The predicted octanol–water partition coefficient (Wildman–Crippen LogP) is 5.07. The molecule has 0 bridgehead atoms. The first-order valence-electron chi connectivity index (χ1n) is 10.2. The monoisotopic (exact) mass is 436 g/mol. The lowest BCUT2D eigenvalue weighted by Crippen LogP contribution is -2.27. The van der Waals surface area contributed by atoms with Crippen LogP contribution in [0.4, 0.5) is 13.2 Å². The van der Waals surface area contributed by atoms with Crippen LogP contribution in [0.3, 0.4) is 0 Å². The molecule has 1 N–H and O–H groups in total. The molecule has 0 spiro atoms. The second-order valence-corrected chi connectivity index (χ2v) is 7.87. The summed E-state index contributed by atoms with van der Waals surface area (Å²) in [6, 6.07) is 14.4. The number of fused-ring (bicyclic) bond motifs is 2. The number of nitrogens with one attached hydrogen (secondary N) is 1. The number of halogens is 3. The Labute approximate surface area is 181 Å². The van der Waals surface area contributed by atoms with Crippen molar-refractivity contribution < 1.29 is 18.0 Å². The molecule has 1 aliphatic rings. The van der Waals surface area contributed by atoms with Crippen LogP contribution in [0.5, 0.6) is 0 Å². The number of aryl methyl sites for hydroxylation is 2. The number of aromatic nitrogens is 3. The highest BCUT2D eigenvalue weighted by Gasteiger charge is 2.34. The topological polar surface area (TPSA) is 59.8 Å². The van der Waals surface area contributed by atoms with Gasteiger partial charge < -0.3 is 5.32 Å². The van der Waals surface area contributed by atoms with Crippen LogP contribution in [0.1, 0.15) is 39.5 Å². The Morgan fingerprint density at radius 2 is 1.88 bits per heavy atom. The molecule has 0 radical (unpaired) electrons. The number of rotatable bonds is 3. The number of amides is 1. The molecule has 1 amide bonds. The summed E-state index contributed by atoms with van der Waals surface area (Å²) >= 11 is 0. The van der Waals surface area contributed by atoms with Crippen molar-refractivity contribution in [1.82, 2.24) is 20.1 Å². The fourth-order valence-corrected chi connectivity index (χ4v) is 4.34. The fourth-order valence-electron chi connectivity index (χ4n) is 4.34. The van der Waals surface area contributed by atoms with Gasteiger partial charge in [-0.15, -0.1) is 0 Å². The maximum absolute atomic E-state index is 13.6. The highest BCUT2D eigenvalue weighted by atomic mass is 19.4. The Bertz CT molecular complexity index is 1340. The summed E-state index contributed by atoms with van der Waals surface area (Å²) in [4.78, 5) is 17.7. The van der Waals surface area contributed by atoms with E-state index in [-0.39, 0.29) is 28.8 Å². The van der Waals surface area contributed by atoms with E-state index in [0.717, 1.165) is 24.5 Å². The maximum atomic E-state index is 13.6. The third-order valence-electron chi connectivity index (χ3n) is 5.90. The van der Waals surface area contributed by atoms with Crippen molar-refractivity contribution in [3.63, 3.8) is 0 Å². The lowest BCUT2D eigenvalue weighted by molar-refractivity contribution is -0.137. The minimum Gasteiger partial charge on any atom is -0.345 e. The van der Waals surface area contributed by atoms with Crippen molar-refractivity contribution >= 4 is 16.9 Å². The van der Waals surface area contributed by atoms with E-state index in [1.54, 1.807) is 7.05 Å². The van der Waals surface area contributed by atoms with Crippen molar-refractivity contribution in [3.05, 3.63) is 83.0 Å². The molecule has 1 aliphatic carbocycles. The summed E-state index contributed by atoms with van der Waals surface area (Å²) in [6.45, 7) is 0. The zero-order valence-electron chi connectivity index (χ0n) is 17.1. The van der Waals surface area contributed by atoms with Gasteiger partial charge in [-0.3, -0.25) is 9.48 Å². The van der Waals surface area contributed by atoms with Gasteiger partial charge in [0.05, 0.1) is 34.4 Å². The van der Waals surface area contributed by atoms with Gasteiger partial charge >= 0.3 is 6.18 Å². The zero-order valence-corrected chi connectivity index (χ0v) is 17.1. The number of pyridine rings is 1. The van der Waals surface area contributed by atoms with E-state index in [1.165, 1.54) is 40.7 Å². The molecule has 32 heavy (non-hydrogen) atoms. The molecular weight excluding hydrogens is 417 g/mol. The minimum atomic E-state index is -4.55. The average Bonchev–Trinajstić information content (AvgIpc) is 3.36. The second-order valence-electron chi connectivity index (χ2n) is 7.87. The van der Waals surface area contributed by atoms with E-state index < -0.39 is 11.7 Å². The number of carbonyl (C=O) groups excluding carboxylic acids is 1. The Balaban J connectivity index is 1.60. The summed E-state index contributed by atoms with van der Waals surface area (Å²) in [5.74, 6) is -0.363. The highest BCUT2D eigenvalue weighted by Crippen LogP contribution is 2.37. The lowest BCUT2D eigenvalue weighted by atomic mass is 10.0. The third-order valence-corrected chi connectivity index (χ3v) is 5.90. The van der Waals surface area contributed by atoms with E-state index in [4.69, 9.17) is 0 Å². The van der Waals surface area contributed by atoms with Crippen LogP contribution in [0.15, 0.2) is 60.8 Å². The van der Waals surface area contributed by atoms with Crippen LogP contribution in [0.25, 0.3) is 22.3 Å². The van der Waals surface area contributed by atoms with Crippen molar-refractivity contribution in [1.29, 1.82) is 0 Å². The number of carbonyl (C=O) groups is 1. The molecule has 1 atom stereocenters. The second kappa shape index (κ2) is 7.47.